The van der Waals surface area contributed by atoms with Gasteiger partial charge < -0.3 is 24.8 Å². The van der Waals surface area contributed by atoms with Gasteiger partial charge >= 0.3 is 245 Å². The summed E-state index contributed by atoms with van der Waals surface area (Å²) in [5.74, 6) is -0.407. The predicted molar refractivity (Wildman–Crippen MR) is 161 cm³/mol. The molecule has 4 aromatic carbocycles. The van der Waals surface area contributed by atoms with Gasteiger partial charge in [0.15, 0.2) is 0 Å². The van der Waals surface area contributed by atoms with Gasteiger partial charge in [0.2, 0.25) is 0 Å². The number of rotatable bonds is 6. The number of benzene rings is 4. The zero-order valence-electron chi connectivity index (χ0n) is 23.5. The molecule has 0 spiro atoms. The summed E-state index contributed by atoms with van der Waals surface area (Å²) in [5, 5.41) is 2.94. The van der Waals surface area contributed by atoms with E-state index in [2.05, 4.69) is 86.7 Å². The molecule has 0 atom stereocenters. The molecule has 0 aromatic heterocycles. The zero-order valence-corrected chi connectivity index (χ0v) is 28.4. The Hall–Kier alpha value is -2.62. The van der Waals surface area contributed by atoms with Crippen LogP contribution >= 0.6 is 0 Å². The van der Waals surface area contributed by atoms with Crippen LogP contribution < -0.4 is 35.2 Å². The molecule has 42 heavy (non-hydrogen) atoms. The number of halogens is 4. The Balaban J connectivity index is 0.00000202. The van der Waals surface area contributed by atoms with Crippen LogP contribution in [0.5, 0.6) is 0 Å². The Morgan fingerprint density at radius 3 is 1.24 bits per heavy atom. The van der Waals surface area contributed by atoms with E-state index in [1.807, 2.05) is 24.3 Å². The van der Waals surface area contributed by atoms with Crippen molar-refractivity contribution < 1.29 is 54.0 Å². The van der Waals surface area contributed by atoms with E-state index in [0.29, 0.717) is 0 Å². The third kappa shape index (κ3) is 6.48. The first-order chi connectivity index (χ1) is 19.5. The van der Waals surface area contributed by atoms with Crippen molar-refractivity contribution in [2.75, 3.05) is 0 Å². The van der Waals surface area contributed by atoms with E-state index >= 15 is 0 Å². The van der Waals surface area contributed by atoms with Crippen LogP contribution in [-0.2, 0) is 20.4 Å². The van der Waals surface area contributed by atoms with Crippen molar-refractivity contribution in [2.45, 2.75) is 26.7 Å². The Kier molecular flexibility index (Phi) is 10.9. The first-order valence-corrected chi connectivity index (χ1v) is 21.3. The number of hydrogen-bond donors (Lipinski definition) is 0. The normalized spacial score (nSPS) is 14.0. The molecule has 0 N–H and O–H groups in total. The van der Waals surface area contributed by atoms with Crippen LogP contribution in [0.1, 0.15) is 37.8 Å². The van der Waals surface area contributed by atoms with Gasteiger partial charge in [-0.3, -0.25) is 0 Å². The average Bonchev–Trinajstić information content (AvgIpc) is 3.55. The summed E-state index contributed by atoms with van der Waals surface area (Å²) in [4.78, 5) is 0. The Morgan fingerprint density at radius 2 is 0.881 bits per heavy atom. The molecular weight excluding hydrogens is 661 g/mol. The van der Waals surface area contributed by atoms with Crippen molar-refractivity contribution in [3.05, 3.63) is 162 Å². The van der Waals surface area contributed by atoms with E-state index in [4.69, 9.17) is 0 Å². The second kappa shape index (κ2) is 14.2. The topological polar surface area (TPSA) is 0 Å². The Labute approximate surface area is 267 Å². The van der Waals surface area contributed by atoms with Crippen LogP contribution in [0.2, 0.25) is 0 Å². The molecule has 0 heterocycles. The smallest absolute Gasteiger partial charge is 1.00 e. The van der Waals surface area contributed by atoms with Crippen LogP contribution in [0.4, 0.5) is 8.78 Å². The van der Waals surface area contributed by atoms with E-state index in [0.717, 1.165) is 24.0 Å². The van der Waals surface area contributed by atoms with Gasteiger partial charge in [0.1, 0.15) is 0 Å². The quantitative estimate of drug-likeness (QED) is 0.273. The molecule has 6 rings (SSSR count). The van der Waals surface area contributed by atoms with Crippen molar-refractivity contribution in [3.8, 4) is 0 Å². The summed E-state index contributed by atoms with van der Waals surface area (Å²) in [6.07, 6.45) is 6.66. The van der Waals surface area contributed by atoms with Crippen molar-refractivity contribution in [1.29, 1.82) is 0 Å². The molecule has 0 nitrogen and oxygen atoms in total. The van der Waals surface area contributed by atoms with Gasteiger partial charge in [0.25, 0.3) is 0 Å². The summed E-state index contributed by atoms with van der Waals surface area (Å²) < 4.78 is 30.8. The molecule has 0 amide bonds. The van der Waals surface area contributed by atoms with Gasteiger partial charge in [0.05, 0.1) is 0 Å². The minimum atomic E-state index is -2.59. The molecule has 0 saturated heterocycles. The van der Waals surface area contributed by atoms with Crippen LogP contribution in [0.25, 0.3) is 11.1 Å². The molecule has 2 aliphatic carbocycles. The van der Waals surface area contributed by atoms with E-state index in [1.54, 1.807) is 30.8 Å². The molecule has 0 unspecified atom stereocenters. The minimum Gasteiger partial charge on any atom is -1.00 e. The van der Waals surface area contributed by atoms with Gasteiger partial charge in [0, 0.05) is 0 Å². The van der Waals surface area contributed by atoms with Gasteiger partial charge in [-0.05, 0) is 0 Å². The SMILES string of the molecule is CC1=[C]([Zr+2]([C]2=C(C)C(c3ccc(F)cc3)=CC2)=[Si](c2ccccc2)c2ccccc2)CC=C1c1ccc(F)cc1.[Cl-].[Cl-]. The van der Waals surface area contributed by atoms with Crippen molar-refractivity contribution >= 4 is 27.0 Å². The van der Waals surface area contributed by atoms with Crippen molar-refractivity contribution in [2.24, 2.45) is 0 Å². The molecule has 210 valence electrons. The first-order valence-electron chi connectivity index (χ1n) is 13.7. The van der Waals surface area contributed by atoms with Gasteiger partial charge in [-0.25, -0.2) is 0 Å². The monoisotopic (exact) mass is 688 g/mol. The van der Waals surface area contributed by atoms with E-state index in [1.165, 1.54) is 32.7 Å². The van der Waals surface area contributed by atoms with Gasteiger partial charge in [-0.1, -0.05) is 0 Å². The Morgan fingerprint density at radius 1 is 0.524 bits per heavy atom. The fourth-order valence-corrected chi connectivity index (χ4v) is 28.1. The molecular formula is C36H30Cl2F2SiZr. The van der Waals surface area contributed by atoms with Crippen molar-refractivity contribution in [3.63, 3.8) is 0 Å². The van der Waals surface area contributed by atoms with E-state index in [9.17, 15) is 8.78 Å². The second-order valence-corrected chi connectivity index (χ2v) is 23.7. The van der Waals surface area contributed by atoms with Crippen molar-refractivity contribution in [1.82, 2.24) is 0 Å². The van der Waals surface area contributed by atoms with Crippen LogP contribution in [-0.4, -0.2) is 5.43 Å². The maximum Gasteiger partial charge on any atom is -1.00 e. The standard InChI is InChI=1S/2C12H10F.C12H10Si.2ClH.Zr/c2*1-9-3-2-4-12(9)10-5-7-11(13)8-6-10;1-3-7-11(8-4-1)13-12-9-5-2-6-10-12;;;/h2*4-8H,2H2,1H3;1-10H;2*1H;/q;;;;;+2/p-2. The minimum absolute atomic E-state index is 0. The average molecular weight is 691 g/mol. The third-order valence-electron chi connectivity index (χ3n) is 8.02. The predicted octanol–water partition coefficient (Wildman–Crippen LogP) is 2.22. The molecule has 0 bridgehead atoms. The zero-order chi connectivity index (χ0) is 27.6. The molecule has 0 fully saturated rings. The fourth-order valence-electron chi connectivity index (χ4n) is 6.00. The fraction of sp³-hybridized carbons (Fsp3) is 0.111. The van der Waals surface area contributed by atoms with Gasteiger partial charge in [-0.2, -0.15) is 0 Å². The molecule has 0 aliphatic heterocycles. The number of allylic oxidation sites excluding steroid dienone is 8. The largest absolute Gasteiger partial charge is 1.00 e. The maximum atomic E-state index is 13.8. The van der Waals surface area contributed by atoms with Gasteiger partial charge in [-0.15, -0.1) is 0 Å². The maximum absolute atomic E-state index is 13.8. The van der Waals surface area contributed by atoms with Crippen LogP contribution in [0.15, 0.2) is 139 Å². The summed E-state index contributed by atoms with van der Waals surface area (Å²) in [6.45, 7) is 4.57. The molecule has 2 aliphatic rings. The van der Waals surface area contributed by atoms with E-state index in [-0.39, 0.29) is 36.4 Å². The molecule has 0 saturated carbocycles. The summed E-state index contributed by atoms with van der Waals surface area (Å²) >= 11 is -2.59. The van der Waals surface area contributed by atoms with Crippen LogP contribution in [0, 0.1) is 11.6 Å². The number of hydrogen-bond acceptors (Lipinski definition) is 0. The summed E-state index contributed by atoms with van der Waals surface area (Å²) in [7, 11) is 0. The molecule has 4 aromatic rings. The summed E-state index contributed by atoms with van der Waals surface area (Å²) in [6, 6.07) is 36.2. The molecule has 0 radical (unpaired) electrons. The van der Waals surface area contributed by atoms with Crippen LogP contribution in [0.3, 0.4) is 0 Å². The van der Waals surface area contributed by atoms with E-state index < -0.39 is 25.8 Å². The summed E-state index contributed by atoms with van der Waals surface area (Å²) in [5.41, 5.74) is 6.34. The molecule has 6 heteroatoms. The first kappa shape index (κ1) is 32.3. The second-order valence-electron chi connectivity index (χ2n) is 10.3. The third-order valence-corrected chi connectivity index (χ3v) is 27.7. The Bertz CT molecular complexity index is 1610.